The molecule has 0 bridgehead atoms. The van der Waals surface area contributed by atoms with Gasteiger partial charge in [0.25, 0.3) is 0 Å². The average molecular weight is 409 g/mol. The monoisotopic (exact) mass is 408 g/mol. The third-order valence-electron chi connectivity index (χ3n) is 5.80. The number of amidine groups is 1. The molecule has 1 fully saturated rings. The van der Waals surface area contributed by atoms with Crippen molar-refractivity contribution in [2.24, 2.45) is 10.7 Å². The van der Waals surface area contributed by atoms with Crippen LogP contribution in [0.25, 0.3) is 0 Å². The molecule has 0 radical (unpaired) electrons. The van der Waals surface area contributed by atoms with Crippen molar-refractivity contribution in [2.45, 2.75) is 64.3 Å². The number of fused-ring (bicyclic) bond motifs is 3. The first-order valence-corrected chi connectivity index (χ1v) is 11.6. The molecular formula is C19H28N4O2S2. The number of aliphatic imine (C=N–C) groups is 1. The van der Waals surface area contributed by atoms with Crippen LogP contribution in [0.4, 0.5) is 5.00 Å². The highest BCUT2D eigenvalue weighted by atomic mass is 32.2. The first-order chi connectivity index (χ1) is 13.0. The molecule has 1 saturated heterocycles. The Bertz CT molecular complexity index is 757. The molecule has 0 aromatic carbocycles. The lowest BCUT2D eigenvalue weighted by Crippen LogP contribution is -2.37. The summed E-state index contributed by atoms with van der Waals surface area (Å²) in [6, 6.07) is 0. The summed E-state index contributed by atoms with van der Waals surface area (Å²) in [7, 11) is 0. The van der Waals surface area contributed by atoms with E-state index in [9.17, 15) is 4.79 Å². The smallest absolute Gasteiger partial charge is 0.233 e. The van der Waals surface area contributed by atoms with Gasteiger partial charge in [-0.3, -0.25) is 4.79 Å². The van der Waals surface area contributed by atoms with Gasteiger partial charge in [-0.1, -0.05) is 18.7 Å². The number of thiophene rings is 1. The van der Waals surface area contributed by atoms with Crippen molar-refractivity contribution in [3.05, 3.63) is 16.0 Å². The topological polar surface area (TPSA) is 80.0 Å². The van der Waals surface area contributed by atoms with Crippen LogP contribution in [0.3, 0.4) is 0 Å². The predicted octanol–water partition coefficient (Wildman–Crippen LogP) is 3.47. The molecule has 3 N–H and O–H groups in total. The molecule has 1 aromatic heterocycles. The van der Waals surface area contributed by atoms with Gasteiger partial charge in [0.05, 0.1) is 18.0 Å². The molecule has 3 aliphatic rings. The Morgan fingerprint density at radius 3 is 2.96 bits per heavy atom. The minimum atomic E-state index is -0.368. The number of amides is 1. The minimum absolute atomic E-state index is 0.124. The van der Waals surface area contributed by atoms with Gasteiger partial charge < -0.3 is 20.7 Å². The molecule has 0 aliphatic carbocycles. The first kappa shape index (κ1) is 19.2. The number of carbonyl (C=O) groups is 1. The highest BCUT2D eigenvalue weighted by Gasteiger charge is 2.36. The maximum absolute atomic E-state index is 12.4. The Hall–Kier alpha value is -1.09. The molecule has 6 nitrogen and oxygen atoms in total. The molecule has 0 spiro atoms. The molecule has 0 saturated carbocycles. The lowest BCUT2D eigenvalue weighted by molar-refractivity contribution is -0.129. The van der Waals surface area contributed by atoms with Gasteiger partial charge in [0.15, 0.2) is 5.17 Å². The molecule has 0 unspecified atom stereocenters. The largest absolute Gasteiger partial charge is 0.369 e. The second kappa shape index (κ2) is 7.73. The van der Waals surface area contributed by atoms with Crippen molar-refractivity contribution < 1.29 is 9.53 Å². The van der Waals surface area contributed by atoms with Crippen LogP contribution in [0.15, 0.2) is 4.99 Å². The quantitative estimate of drug-likeness (QED) is 0.800. The van der Waals surface area contributed by atoms with Crippen LogP contribution in [-0.4, -0.2) is 40.4 Å². The number of ether oxygens (including phenoxy) is 1. The van der Waals surface area contributed by atoms with Gasteiger partial charge in [0, 0.05) is 30.0 Å². The number of rotatable bonds is 3. The van der Waals surface area contributed by atoms with Crippen LogP contribution >= 0.6 is 23.1 Å². The van der Waals surface area contributed by atoms with E-state index in [-0.39, 0.29) is 17.7 Å². The summed E-state index contributed by atoms with van der Waals surface area (Å²) in [6.45, 7) is 6.74. The standard InChI is InChI=1S/C19H28N4O2S2/c1-3-19(2)9-12-13(10-25-19)27-17-15(12)16(20)21-18(22-17)26-11-14(24)23-7-5-4-6-8-23/h16H,3-11,20H2,1-2H3,(H,21,22)/t16-,19+/m0/s1. The van der Waals surface area contributed by atoms with Gasteiger partial charge in [-0.2, -0.15) is 0 Å². The maximum Gasteiger partial charge on any atom is 0.233 e. The van der Waals surface area contributed by atoms with Gasteiger partial charge in [0.1, 0.15) is 11.2 Å². The SMILES string of the molecule is CC[C@]1(C)Cc2c(sc3c2[C@@H](N)N=C(SCC(=O)N2CCCCC2)N3)CO1. The number of hydrogen-bond donors (Lipinski definition) is 2. The summed E-state index contributed by atoms with van der Waals surface area (Å²) in [5.41, 5.74) is 8.71. The Morgan fingerprint density at radius 1 is 1.44 bits per heavy atom. The predicted molar refractivity (Wildman–Crippen MR) is 112 cm³/mol. The normalized spacial score (nSPS) is 27.4. The van der Waals surface area contributed by atoms with Gasteiger partial charge in [-0.05, 0) is 38.2 Å². The Kier molecular flexibility index (Phi) is 5.51. The molecule has 4 heterocycles. The highest BCUT2D eigenvalue weighted by molar-refractivity contribution is 8.14. The minimum Gasteiger partial charge on any atom is -0.369 e. The van der Waals surface area contributed by atoms with E-state index in [2.05, 4.69) is 24.2 Å². The van der Waals surface area contributed by atoms with E-state index >= 15 is 0 Å². The molecule has 4 rings (SSSR count). The van der Waals surface area contributed by atoms with Crippen LogP contribution < -0.4 is 11.1 Å². The molecular weight excluding hydrogens is 380 g/mol. The Balaban J connectivity index is 1.44. The molecule has 3 aliphatic heterocycles. The van der Waals surface area contributed by atoms with Crippen molar-refractivity contribution in [2.75, 3.05) is 24.2 Å². The average Bonchev–Trinajstić information content (AvgIpc) is 3.04. The fourth-order valence-corrected chi connectivity index (χ4v) is 5.93. The van der Waals surface area contributed by atoms with Crippen molar-refractivity contribution >= 4 is 39.2 Å². The van der Waals surface area contributed by atoms with Gasteiger partial charge in [-0.15, -0.1) is 11.3 Å². The number of piperidine rings is 1. The van der Waals surface area contributed by atoms with Crippen molar-refractivity contribution in [3.8, 4) is 0 Å². The van der Waals surface area contributed by atoms with Gasteiger partial charge in [-0.25, -0.2) is 4.99 Å². The van der Waals surface area contributed by atoms with Crippen molar-refractivity contribution in [3.63, 3.8) is 0 Å². The third kappa shape index (κ3) is 3.90. The fourth-order valence-electron chi connectivity index (χ4n) is 3.89. The molecule has 8 heteroatoms. The lowest BCUT2D eigenvalue weighted by Gasteiger charge is -2.34. The van der Waals surface area contributed by atoms with Crippen LogP contribution in [-0.2, 0) is 22.6 Å². The zero-order chi connectivity index (χ0) is 19.0. The van der Waals surface area contributed by atoms with E-state index in [0.29, 0.717) is 12.4 Å². The van der Waals surface area contributed by atoms with E-state index in [1.54, 1.807) is 11.3 Å². The summed E-state index contributed by atoms with van der Waals surface area (Å²) >= 11 is 3.17. The van der Waals surface area contributed by atoms with E-state index < -0.39 is 0 Å². The molecule has 148 valence electrons. The fraction of sp³-hybridized carbons (Fsp3) is 0.684. The van der Waals surface area contributed by atoms with Gasteiger partial charge in [0.2, 0.25) is 5.91 Å². The van der Waals surface area contributed by atoms with Crippen molar-refractivity contribution in [1.82, 2.24) is 4.90 Å². The lowest BCUT2D eigenvalue weighted by atomic mass is 9.89. The Morgan fingerprint density at radius 2 is 2.22 bits per heavy atom. The van der Waals surface area contributed by atoms with Crippen LogP contribution in [0.5, 0.6) is 0 Å². The number of likely N-dealkylation sites (tertiary alicyclic amines) is 1. The zero-order valence-corrected chi connectivity index (χ0v) is 17.7. The summed E-state index contributed by atoms with van der Waals surface area (Å²) in [5.74, 6) is 0.608. The molecule has 27 heavy (non-hydrogen) atoms. The number of nitrogens with two attached hydrogens (primary N) is 1. The molecule has 2 atom stereocenters. The number of anilines is 1. The first-order valence-electron chi connectivity index (χ1n) is 9.78. The summed E-state index contributed by atoms with van der Waals surface area (Å²) in [6.07, 6.45) is 4.95. The Labute approximate surface area is 168 Å². The molecule has 1 aromatic rings. The maximum atomic E-state index is 12.4. The summed E-state index contributed by atoms with van der Waals surface area (Å²) in [4.78, 5) is 20.3. The number of hydrogen-bond acceptors (Lipinski definition) is 7. The van der Waals surface area contributed by atoms with Crippen LogP contribution in [0, 0.1) is 0 Å². The number of nitrogens with zero attached hydrogens (tertiary/aromatic N) is 2. The van der Waals surface area contributed by atoms with Crippen molar-refractivity contribution in [1.29, 1.82) is 0 Å². The number of thioether (sulfide) groups is 1. The highest BCUT2D eigenvalue weighted by Crippen LogP contribution is 2.45. The summed E-state index contributed by atoms with van der Waals surface area (Å²) < 4.78 is 6.08. The van der Waals surface area contributed by atoms with E-state index in [4.69, 9.17) is 10.5 Å². The second-order valence-corrected chi connectivity index (χ2v) is 9.82. The number of nitrogens with one attached hydrogen (secondary N) is 1. The third-order valence-corrected chi connectivity index (χ3v) is 7.80. The van der Waals surface area contributed by atoms with Crippen LogP contribution in [0.2, 0.25) is 0 Å². The van der Waals surface area contributed by atoms with Crippen LogP contribution in [0.1, 0.15) is 61.7 Å². The van der Waals surface area contributed by atoms with E-state index in [0.717, 1.165) is 54.5 Å². The number of carbonyl (C=O) groups excluding carboxylic acids is 1. The zero-order valence-electron chi connectivity index (χ0n) is 16.0. The van der Waals surface area contributed by atoms with E-state index in [1.165, 1.54) is 28.6 Å². The molecule has 1 amide bonds. The second-order valence-electron chi connectivity index (χ2n) is 7.75. The van der Waals surface area contributed by atoms with Gasteiger partial charge >= 0.3 is 0 Å². The van der Waals surface area contributed by atoms with E-state index in [1.807, 2.05) is 4.90 Å². The summed E-state index contributed by atoms with van der Waals surface area (Å²) in [5, 5.41) is 5.23.